The van der Waals surface area contributed by atoms with E-state index in [0.717, 1.165) is 24.2 Å². The third kappa shape index (κ3) is 4.74. The average Bonchev–Trinajstić information content (AvgIpc) is 3.18. The molecule has 0 bridgehead atoms. The molecule has 0 spiro atoms. The van der Waals surface area contributed by atoms with Crippen LogP contribution in [0.5, 0.6) is 0 Å². The number of hydrogen-bond donors (Lipinski definition) is 1. The molecule has 5 rings (SSSR count). The summed E-state index contributed by atoms with van der Waals surface area (Å²) in [6, 6.07) is 5.55. The van der Waals surface area contributed by atoms with Gasteiger partial charge in [0.05, 0.1) is 29.3 Å². The van der Waals surface area contributed by atoms with Crippen molar-refractivity contribution in [3.63, 3.8) is 0 Å². The van der Waals surface area contributed by atoms with Crippen LogP contribution in [-0.2, 0) is 16.0 Å². The minimum Gasteiger partial charge on any atom is -0.444 e. The fraction of sp³-hybridized carbons (Fsp3) is 0.583. The van der Waals surface area contributed by atoms with Crippen LogP contribution in [0.25, 0.3) is 11.3 Å². The zero-order valence-corrected chi connectivity index (χ0v) is 20.6. The highest BCUT2D eigenvalue weighted by atomic mass is 35.5. The first kappa shape index (κ1) is 23.0. The van der Waals surface area contributed by atoms with Crippen molar-refractivity contribution < 1.29 is 18.8 Å². The number of aromatic nitrogens is 1. The van der Waals surface area contributed by atoms with Crippen molar-refractivity contribution in [3.8, 4) is 11.3 Å². The Morgan fingerprint density at radius 2 is 1.97 bits per heavy atom. The molecule has 2 aromatic rings. The Hall–Kier alpha value is -1.80. The number of amides is 1. The summed E-state index contributed by atoms with van der Waals surface area (Å²) in [7, 11) is 0. The Kier molecular flexibility index (Phi) is 6.10. The standard InChI is InChI=1S/C24H29Cl2N3O4/c1-24(2,3)32-23(30)29-10-15-18(12-31-19(15)11-29)27-9-14-21(28-33-22(14)13-7-8-13)20-16(25)5-4-6-17(20)26/h4-6,13,15,18-19,27H,7-12H2,1-3H3/t15-,18+,19-/m0/s1. The van der Waals surface area contributed by atoms with E-state index in [2.05, 4.69) is 10.5 Å². The number of benzene rings is 1. The summed E-state index contributed by atoms with van der Waals surface area (Å²) in [5.74, 6) is 1.51. The number of hydrogen-bond acceptors (Lipinski definition) is 6. The minimum atomic E-state index is -0.517. The second-order valence-electron chi connectivity index (χ2n) is 10.2. The first-order valence-electron chi connectivity index (χ1n) is 11.5. The fourth-order valence-electron chi connectivity index (χ4n) is 4.71. The second-order valence-corrected chi connectivity index (χ2v) is 11.0. The van der Waals surface area contributed by atoms with Crippen molar-refractivity contribution in [3.05, 3.63) is 39.6 Å². The van der Waals surface area contributed by atoms with Gasteiger partial charge in [0.1, 0.15) is 17.1 Å². The van der Waals surface area contributed by atoms with E-state index in [1.807, 2.05) is 39.0 Å². The van der Waals surface area contributed by atoms with Crippen molar-refractivity contribution in [2.45, 2.75) is 63.8 Å². The number of rotatable bonds is 5. The van der Waals surface area contributed by atoms with E-state index in [4.69, 9.17) is 37.2 Å². The molecule has 3 fully saturated rings. The number of halogens is 2. The van der Waals surface area contributed by atoms with Crippen molar-refractivity contribution in [1.82, 2.24) is 15.4 Å². The molecule has 1 aliphatic carbocycles. The van der Waals surface area contributed by atoms with Gasteiger partial charge in [0.2, 0.25) is 0 Å². The smallest absolute Gasteiger partial charge is 0.410 e. The highest BCUT2D eigenvalue weighted by Crippen LogP contribution is 2.46. The summed E-state index contributed by atoms with van der Waals surface area (Å²) in [6.45, 7) is 7.96. The van der Waals surface area contributed by atoms with Gasteiger partial charge in [-0.05, 0) is 45.7 Å². The SMILES string of the molecule is CC(C)(C)OC(=O)N1C[C@@H]2[C@H](C1)OC[C@H]2NCc1c(-c2c(Cl)cccc2Cl)noc1C1CC1. The number of carbonyl (C=O) groups excluding carboxylic acids is 1. The lowest BCUT2D eigenvalue weighted by atomic mass is 9.99. The quantitative estimate of drug-likeness (QED) is 0.612. The van der Waals surface area contributed by atoms with Crippen molar-refractivity contribution in [2.75, 3.05) is 19.7 Å². The van der Waals surface area contributed by atoms with Gasteiger partial charge in [0.15, 0.2) is 0 Å². The van der Waals surface area contributed by atoms with Crippen LogP contribution in [0.15, 0.2) is 22.7 Å². The average molecular weight is 494 g/mol. The lowest BCUT2D eigenvalue weighted by Gasteiger charge is -2.25. The Morgan fingerprint density at radius 1 is 1.24 bits per heavy atom. The molecular weight excluding hydrogens is 465 g/mol. The van der Waals surface area contributed by atoms with Gasteiger partial charge in [-0.25, -0.2) is 4.79 Å². The molecule has 1 saturated carbocycles. The van der Waals surface area contributed by atoms with Gasteiger partial charge in [0.25, 0.3) is 0 Å². The van der Waals surface area contributed by atoms with Crippen LogP contribution in [0.1, 0.15) is 50.9 Å². The molecule has 0 unspecified atom stereocenters. The van der Waals surface area contributed by atoms with E-state index in [1.165, 1.54) is 0 Å². The molecule has 3 heterocycles. The highest BCUT2D eigenvalue weighted by Gasteiger charge is 2.46. The topological polar surface area (TPSA) is 76.8 Å². The Labute approximate surface area is 203 Å². The van der Waals surface area contributed by atoms with E-state index in [0.29, 0.717) is 53.5 Å². The predicted molar refractivity (Wildman–Crippen MR) is 126 cm³/mol. The van der Waals surface area contributed by atoms with E-state index in [9.17, 15) is 4.79 Å². The number of nitrogens with zero attached hydrogens (tertiary/aromatic N) is 2. The molecule has 2 aliphatic heterocycles. The van der Waals surface area contributed by atoms with E-state index < -0.39 is 5.60 Å². The number of fused-ring (bicyclic) bond motifs is 1. The molecular formula is C24H29Cl2N3O4. The maximum Gasteiger partial charge on any atom is 0.410 e. The van der Waals surface area contributed by atoms with Crippen molar-refractivity contribution in [2.24, 2.45) is 5.92 Å². The van der Waals surface area contributed by atoms with Crippen LogP contribution < -0.4 is 5.32 Å². The summed E-state index contributed by atoms with van der Waals surface area (Å²) in [5, 5.41) is 9.11. The molecule has 1 aromatic heterocycles. The molecule has 178 valence electrons. The monoisotopic (exact) mass is 493 g/mol. The van der Waals surface area contributed by atoms with E-state index in [-0.39, 0.29) is 24.2 Å². The number of ether oxygens (including phenoxy) is 2. The summed E-state index contributed by atoms with van der Waals surface area (Å²) < 4.78 is 17.3. The number of nitrogens with one attached hydrogen (secondary N) is 1. The summed E-state index contributed by atoms with van der Waals surface area (Å²) in [6.07, 6.45) is 1.92. The molecule has 3 atom stereocenters. The molecule has 7 nitrogen and oxygen atoms in total. The van der Waals surface area contributed by atoms with Crippen LogP contribution in [0.4, 0.5) is 4.79 Å². The molecule has 1 aromatic carbocycles. The van der Waals surface area contributed by atoms with Gasteiger partial charge in [-0.2, -0.15) is 0 Å². The number of likely N-dealkylation sites (tertiary alicyclic amines) is 1. The largest absolute Gasteiger partial charge is 0.444 e. The summed E-state index contributed by atoms with van der Waals surface area (Å²) >= 11 is 13.0. The first-order valence-corrected chi connectivity index (χ1v) is 12.2. The van der Waals surface area contributed by atoms with Crippen LogP contribution in [-0.4, -0.2) is 53.6 Å². The van der Waals surface area contributed by atoms with Gasteiger partial charge in [0, 0.05) is 42.1 Å². The molecule has 1 amide bonds. The Balaban J connectivity index is 1.31. The molecule has 9 heteroatoms. The van der Waals surface area contributed by atoms with Crippen molar-refractivity contribution >= 4 is 29.3 Å². The summed E-state index contributed by atoms with van der Waals surface area (Å²) in [4.78, 5) is 14.3. The lowest BCUT2D eigenvalue weighted by Crippen LogP contribution is -2.40. The maximum atomic E-state index is 12.5. The van der Waals surface area contributed by atoms with Gasteiger partial charge in [-0.1, -0.05) is 34.4 Å². The summed E-state index contributed by atoms with van der Waals surface area (Å²) in [5.41, 5.74) is 1.87. The zero-order chi connectivity index (χ0) is 23.3. The normalized spacial score (nSPS) is 24.9. The van der Waals surface area contributed by atoms with Gasteiger partial charge in [-0.3, -0.25) is 0 Å². The molecule has 0 radical (unpaired) electrons. The highest BCUT2D eigenvalue weighted by molar-refractivity contribution is 6.39. The van der Waals surface area contributed by atoms with Crippen LogP contribution in [0, 0.1) is 5.92 Å². The lowest BCUT2D eigenvalue weighted by molar-refractivity contribution is 0.0228. The molecule has 33 heavy (non-hydrogen) atoms. The predicted octanol–water partition coefficient (Wildman–Crippen LogP) is 5.25. The van der Waals surface area contributed by atoms with Crippen molar-refractivity contribution in [1.29, 1.82) is 0 Å². The van der Waals surface area contributed by atoms with Gasteiger partial charge in [-0.15, -0.1) is 0 Å². The van der Waals surface area contributed by atoms with E-state index >= 15 is 0 Å². The number of carbonyl (C=O) groups is 1. The minimum absolute atomic E-state index is 0.0119. The third-order valence-electron chi connectivity index (χ3n) is 6.47. The zero-order valence-electron chi connectivity index (χ0n) is 19.1. The Bertz CT molecular complexity index is 1030. The fourth-order valence-corrected chi connectivity index (χ4v) is 5.29. The maximum absolute atomic E-state index is 12.5. The van der Waals surface area contributed by atoms with E-state index in [1.54, 1.807) is 4.90 Å². The first-order chi connectivity index (χ1) is 15.7. The van der Waals surface area contributed by atoms with Gasteiger partial charge < -0.3 is 24.2 Å². The van der Waals surface area contributed by atoms with Crippen LogP contribution in [0.3, 0.4) is 0 Å². The molecule has 2 saturated heterocycles. The third-order valence-corrected chi connectivity index (χ3v) is 7.10. The Morgan fingerprint density at radius 3 is 2.64 bits per heavy atom. The van der Waals surface area contributed by atoms with Crippen LogP contribution >= 0.6 is 23.2 Å². The molecule has 1 N–H and O–H groups in total. The molecule has 3 aliphatic rings. The van der Waals surface area contributed by atoms with Gasteiger partial charge >= 0.3 is 6.09 Å². The second kappa shape index (κ2) is 8.77. The van der Waals surface area contributed by atoms with Crippen LogP contribution in [0.2, 0.25) is 10.0 Å².